The number of hydroxylamine groups is 2. The number of ether oxygens (including phenoxy) is 1. The van der Waals surface area contributed by atoms with Crippen LogP contribution in [0.2, 0.25) is 0 Å². The first kappa shape index (κ1) is 15.3. The molecule has 2 atom stereocenters. The summed E-state index contributed by atoms with van der Waals surface area (Å²) >= 11 is 0. The van der Waals surface area contributed by atoms with Crippen molar-refractivity contribution in [1.82, 2.24) is 5.06 Å². The van der Waals surface area contributed by atoms with Crippen LogP contribution >= 0.6 is 0 Å². The second-order valence-corrected chi connectivity index (χ2v) is 8.38. The Bertz CT molecular complexity index is 351. The van der Waals surface area contributed by atoms with Crippen molar-refractivity contribution in [3.8, 4) is 0 Å². The quantitative estimate of drug-likeness (QED) is 0.725. The molecule has 3 nitrogen and oxygen atoms in total. The summed E-state index contributed by atoms with van der Waals surface area (Å²) in [7, 11) is 0. The van der Waals surface area contributed by atoms with E-state index >= 15 is 0 Å². The molecule has 0 bridgehead atoms. The highest BCUT2D eigenvalue weighted by Gasteiger charge is 2.65. The van der Waals surface area contributed by atoms with E-state index in [9.17, 15) is 5.21 Å². The highest BCUT2D eigenvalue weighted by molar-refractivity contribution is 5.14. The number of piperidine rings is 1. The van der Waals surface area contributed by atoms with E-state index in [0.717, 1.165) is 12.8 Å². The van der Waals surface area contributed by atoms with Crippen molar-refractivity contribution in [2.45, 2.75) is 90.5 Å². The highest BCUT2D eigenvalue weighted by atomic mass is 16.5. The molecule has 3 heteroatoms. The maximum absolute atomic E-state index is 10.7. The molecule has 0 saturated carbocycles. The second kappa shape index (κ2) is 3.96. The zero-order valence-corrected chi connectivity index (χ0v) is 13.9. The van der Waals surface area contributed by atoms with Gasteiger partial charge in [0.2, 0.25) is 0 Å². The monoisotopic (exact) mass is 269 g/mol. The minimum atomic E-state index is -0.281. The second-order valence-electron chi connectivity index (χ2n) is 8.38. The predicted octanol–water partition coefficient (Wildman–Crippen LogP) is 3.85. The molecule has 0 amide bonds. The fourth-order valence-electron chi connectivity index (χ4n) is 4.40. The van der Waals surface area contributed by atoms with E-state index in [1.807, 2.05) is 0 Å². The molecule has 1 spiro atoms. The molecule has 0 radical (unpaired) electrons. The molecule has 2 aliphatic rings. The van der Waals surface area contributed by atoms with Crippen molar-refractivity contribution >= 4 is 0 Å². The van der Waals surface area contributed by atoms with Crippen molar-refractivity contribution in [2.75, 3.05) is 0 Å². The van der Waals surface area contributed by atoms with E-state index in [0.29, 0.717) is 0 Å². The summed E-state index contributed by atoms with van der Waals surface area (Å²) in [5.74, 6) is 0.574. The van der Waals surface area contributed by atoms with Gasteiger partial charge in [-0.05, 0) is 54.4 Å². The largest absolute Gasteiger partial charge is 0.368 e. The van der Waals surface area contributed by atoms with Crippen LogP contribution in [0.1, 0.15) is 68.2 Å². The van der Waals surface area contributed by atoms with Crippen LogP contribution in [-0.2, 0) is 4.74 Å². The Morgan fingerprint density at radius 1 is 0.895 bits per heavy atom. The third-order valence-electron chi connectivity index (χ3n) is 6.26. The minimum absolute atomic E-state index is 0.0493. The Morgan fingerprint density at radius 3 is 1.63 bits per heavy atom. The first-order valence-electron chi connectivity index (χ1n) is 7.57. The molecular formula is C16H31NO2. The molecule has 2 aliphatic heterocycles. The Kier molecular flexibility index (Phi) is 3.18. The van der Waals surface area contributed by atoms with Gasteiger partial charge in [-0.15, -0.1) is 0 Å². The summed E-state index contributed by atoms with van der Waals surface area (Å²) in [6.45, 7) is 17.3. The average Bonchev–Trinajstić information content (AvgIpc) is 2.62. The van der Waals surface area contributed by atoms with E-state index < -0.39 is 0 Å². The zero-order chi connectivity index (χ0) is 14.9. The number of hydrogen-bond donors (Lipinski definition) is 1. The molecule has 112 valence electrons. The van der Waals surface area contributed by atoms with Gasteiger partial charge in [-0.25, -0.2) is 0 Å². The molecular weight excluding hydrogens is 238 g/mol. The highest BCUT2D eigenvalue weighted by Crippen LogP contribution is 2.57. The fraction of sp³-hybridized carbons (Fsp3) is 1.00. The SMILES string of the molecule is CC1C2(CCC(C)(C)O2)C(C)C(C)(C)N(O)C1(C)C. The normalized spacial score (nSPS) is 44.7. The first-order valence-corrected chi connectivity index (χ1v) is 7.57. The lowest BCUT2D eigenvalue weighted by atomic mass is 9.59. The smallest absolute Gasteiger partial charge is 0.0778 e. The van der Waals surface area contributed by atoms with Crippen molar-refractivity contribution < 1.29 is 9.94 Å². The van der Waals surface area contributed by atoms with Gasteiger partial charge < -0.3 is 9.94 Å². The molecule has 0 aromatic carbocycles. The van der Waals surface area contributed by atoms with Crippen LogP contribution < -0.4 is 0 Å². The first-order chi connectivity index (χ1) is 8.38. The van der Waals surface area contributed by atoms with Gasteiger partial charge >= 0.3 is 0 Å². The van der Waals surface area contributed by atoms with Crippen molar-refractivity contribution in [3.63, 3.8) is 0 Å². The van der Waals surface area contributed by atoms with E-state index in [2.05, 4.69) is 55.4 Å². The van der Waals surface area contributed by atoms with Gasteiger partial charge in [0.25, 0.3) is 0 Å². The van der Waals surface area contributed by atoms with Crippen LogP contribution in [0.15, 0.2) is 0 Å². The summed E-state index contributed by atoms with van der Waals surface area (Å²) in [4.78, 5) is 0. The van der Waals surface area contributed by atoms with Crippen LogP contribution in [0.3, 0.4) is 0 Å². The van der Waals surface area contributed by atoms with Gasteiger partial charge in [-0.2, -0.15) is 5.06 Å². The van der Waals surface area contributed by atoms with Crippen LogP contribution in [0, 0.1) is 11.8 Å². The molecule has 2 rings (SSSR count). The van der Waals surface area contributed by atoms with Gasteiger partial charge in [0.05, 0.1) is 11.2 Å². The molecule has 2 saturated heterocycles. The lowest BCUT2D eigenvalue weighted by molar-refractivity contribution is -0.327. The molecule has 2 unspecified atom stereocenters. The Labute approximate surface area is 118 Å². The van der Waals surface area contributed by atoms with Gasteiger partial charge in [0.1, 0.15) is 0 Å². The lowest BCUT2D eigenvalue weighted by Gasteiger charge is -2.63. The van der Waals surface area contributed by atoms with Crippen molar-refractivity contribution in [1.29, 1.82) is 0 Å². The van der Waals surface area contributed by atoms with Crippen LogP contribution in [0.25, 0.3) is 0 Å². The van der Waals surface area contributed by atoms with Gasteiger partial charge in [-0.3, -0.25) is 0 Å². The van der Waals surface area contributed by atoms with Crippen molar-refractivity contribution in [3.05, 3.63) is 0 Å². The summed E-state index contributed by atoms with van der Waals surface area (Å²) < 4.78 is 6.58. The third-order valence-corrected chi connectivity index (χ3v) is 6.26. The average molecular weight is 269 g/mol. The molecule has 2 heterocycles. The Balaban J connectivity index is 2.50. The van der Waals surface area contributed by atoms with Gasteiger partial charge in [0.15, 0.2) is 0 Å². The van der Waals surface area contributed by atoms with E-state index in [4.69, 9.17) is 4.74 Å². The van der Waals surface area contributed by atoms with Crippen molar-refractivity contribution in [2.24, 2.45) is 11.8 Å². The molecule has 2 fully saturated rings. The summed E-state index contributed by atoms with van der Waals surface area (Å²) in [6, 6.07) is 0. The van der Waals surface area contributed by atoms with Crippen LogP contribution in [0.5, 0.6) is 0 Å². The minimum Gasteiger partial charge on any atom is -0.368 e. The maximum Gasteiger partial charge on any atom is 0.0778 e. The third kappa shape index (κ3) is 1.89. The summed E-state index contributed by atoms with van der Waals surface area (Å²) in [6.07, 6.45) is 2.18. The van der Waals surface area contributed by atoms with Crippen LogP contribution in [-0.4, -0.2) is 32.6 Å². The fourth-order valence-corrected chi connectivity index (χ4v) is 4.40. The topological polar surface area (TPSA) is 32.7 Å². The molecule has 0 aliphatic carbocycles. The van der Waals surface area contributed by atoms with E-state index in [1.54, 1.807) is 5.06 Å². The lowest BCUT2D eigenvalue weighted by Crippen LogP contribution is -2.73. The molecule has 1 N–H and O–H groups in total. The van der Waals surface area contributed by atoms with Gasteiger partial charge in [0, 0.05) is 22.9 Å². The number of hydrogen-bond acceptors (Lipinski definition) is 3. The summed E-state index contributed by atoms with van der Waals surface area (Å²) in [5, 5.41) is 12.2. The van der Waals surface area contributed by atoms with E-state index in [-0.39, 0.29) is 34.1 Å². The molecule has 19 heavy (non-hydrogen) atoms. The standard InChI is InChI=1S/C16H31NO2/c1-11-14(5,6)17(18)15(7,8)12(2)16(11)10-9-13(3,4)19-16/h11-12,18H,9-10H2,1-8H3. The number of rotatable bonds is 0. The molecule has 0 aromatic rings. The number of nitrogens with zero attached hydrogens (tertiary/aromatic N) is 1. The molecule has 0 aromatic heterocycles. The Morgan fingerprint density at radius 2 is 1.32 bits per heavy atom. The maximum atomic E-state index is 10.7. The van der Waals surface area contributed by atoms with E-state index in [1.165, 1.54) is 0 Å². The summed E-state index contributed by atoms with van der Waals surface area (Å²) in [5.41, 5.74) is -0.741. The Hall–Kier alpha value is -0.120. The van der Waals surface area contributed by atoms with Crippen LogP contribution in [0.4, 0.5) is 0 Å². The van der Waals surface area contributed by atoms with Gasteiger partial charge in [-0.1, -0.05) is 13.8 Å². The predicted molar refractivity (Wildman–Crippen MR) is 77.2 cm³/mol. The zero-order valence-electron chi connectivity index (χ0n) is 13.9.